The van der Waals surface area contributed by atoms with Crippen LogP contribution in [0.5, 0.6) is 0 Å². The van der Waals surface area contributed by atoms with E-state index >= 15 is 0 Å². The van der Waals surface area contributed by atoms with Gasteiger partial charge in [0.25, 0.3) is 15.0 Å². The first-order chi connectivity index (χ1) is 9.70. The van der Waals surface area contributed by atoms with E-state index in [2.05, 4.69) is 21.2 Å². The molecule has 1 amide bonds. The van der Waals surface area contributed by atoms with Crippen LogP contribution in [0.25, 0.3) is 0 Å². The number of halogens is 2. The summed E-state index contributed by atoms with van der Waals surface area (Å²) >= 11 is 3.20. The molecule has 1 saturated carbocycles. The molecule has 0 spiro atoms. The fourth-order valence-electron chi connectivity index (χ4n) is 2.39. The summed E-state index contributed by atoms with van der Waals surface area (Å²) < 4.78 is 23.5. The molecule has 1 aliphatic carbocycles. The number of amides is 1. The summed E-state index contributed by atoms with van der Waals surface area (Å²) in [5.74, 6) is 0.244. The molecular formula is C14H17BrClNO3S. The van der Waals surface area contributed by atoms with Crippen LogP contribution < -0.4 is 5.32 Å². The number of hydrogen-bond acceptors (Lipinski definition) is 3. The minimum Gasteiger partial charge on any atom is -0.349 e. The molecule has 1 N–H and O–H groups in total. The Bertz CT molecular complexity index is 671. The second-order valence-corrected chi connectivity index (χ2v) is 8.82. The summed E-state index contributed by atoms with van der Waals surface area (Å²) in [5.41, 5.74) is 0.958. The Kier molecular flexibility index (Phi) is 5.00. The van der Waals surface area contributed by atoms with Gasteiger partial charge in [-0.05, 0) is 66.2 Å². The quantitative estimate of drug-likeness (QED) is 0.794. The Labute approximate surface area is 137 Å². The normalized spacial score (nSPS) is 17.1. The first-order valence-corrected chi connectivity index (χ1v) is 9.86. The van der Waals surface area contributed by atoms with Gasteiger partial charge < -0.3 is 5.32 Å². The number of nitrogens with one attached hydrogen (secondary N) is 1. The van der Waals surface area contributed by atoms with E-state index in [1.165, 1.54) is 12.5 Å². The van der Waals surface area contributed by atoms with E-state index in [4.69, 9.17) is 10.7 Å². The lowest BCUT2D eigenvalue weighted by Crippen LogP contribution is -2.40. The molecule has 0 aliphatic heterocycles. The third-order valence-electron chi connectivity index (χ3n) is 3.96. The number of hydrogen-bond donors (Lipinski definition) is 1. The highest BCUT2D eigenvalue weighted by atomic mass is 79.9. The molecule has 7 heteroatoms. The molecule has 1 fully saturated rings. The zero-order valence-corrected chi connectivity index (χ0v) is 15.0. The highest BCUT2D eigenvalue weighted by Crippen LogP contribution is 2.31. The maximum atomic E-state index is 12.3. The van der Waals surface area contributed by atoms with Gasteiger partial charge in [0.1, 0.15) is 0 Å². The SMILES string of the molecule is Cc1cc(C(=O)NC(C)C2CCC2)cc(S(=O)(=O)Cl)c1Br. The molecule has 116 valence electrons. The van der Waals surface area contributed by atoms with Crippen molar-refractivity contribution in [3.05, 3.63) is 27.7 Å². The van der Waals surface area contributed by atoms with Crippen molar-refractivity contribution in [1.29, 1.82) is 0 Å². The molecule has 4 nitrogen and oxygen atoms in total. The largest absolute Gasteiger partial charge is 0.349 e. The lowest BCUT2D eigenvalue weighted by molar-refractivity contribution is 0.0909. The van der Waals surface area contributed by atoms with Crippen LogP contribution in [0.2, 0.25) is 0 Å². The molecule has 1 unspecified atom stereocenters. The molecule has 1 aliphatic rings. The molecule has 1 atom stereocenters. The molecule has 1 aromatic carbocycles. The predicted molar refractivity (Wildman–Crippen MR) is 86.2 cm³/mol. The summed E-state index contributed by atoms with van der Waals surface area (Å²) in [6.07, 6.45) is 3.46. The molecular weight excluding hydrogens is 378 g/mol. The van der Waals surface area contributed by atoms with Crippen molar-refractivity contribution in [2.75, 3.05) is 0 Å². The smallest absolute Gasteiger partial charge is 0.262 e. The Morgan fingerprint density at radius 2 is 2.05 bits per heavy atom. The topological polar surface area (TPSA) is 63.2 Å². The van der Waals surface area contributed by atoms with Crippen LogP contribution in [0.15, 0.2) is 21.5 Å². The van der Waals surface area contributed by atoms with Gasteiger partial charge in [0.05, 0.1) is 4.90 Å². The van der Waals surface area contributed by atoms with Gasteiger partial charge in [0, 0.05) is 26.8 Å². The van der Waals surface area contributed by atoms with Gasteiger partial charge in [-0.15, -0.1) is 0 Å². The van der Waals surface area contributed by atoms with E-state index in [1.54, 1.807) is 13.0 Å². The van der Waals surface area contributed by atoms with Crippen molar-refractivity contribution >= 4 is 41.6 Å². The summed E-state index contributed by atoms with van der Waals surface area (Å²) in [6.45, 7) is 3.70. The van der Waals surface area contributed by atoms with Crippen molar-refractivity contribution in [2.24, 2.45) is 5.92 Å². The monoisotopic (exact) mass is 393 g/mol. The van der Waals surface area contributed by atoms with Crippen LogP contribution in [-0.2, 0) is 9.05 Å². The Balaban J connectivity index is 2.27. The van der Waals surface area contributed by atoms with Crippen LogP contribution in [0.3, 0.4) is 0 Å². The third kappa shape index (κ3) is 3.79. The van der Waals surface area contributed by atoms with E-state index < -0.39 is 9.05 Å². The molecule has 0 bridgehead atoms. The second-order valence-electron chi connectivity index (χ2n) is 5.50. The zero-order valence-electron chi connectivity index (χ0n) is 11.8. The van der Waals surface area contributed by atoms with Gasteiger partial charge in [-0.3, -0.25) is 4.79 Å². The molecule has 0 saturated heterocycles. The van der Waals surface area contributed by atoms with Gasteiger partial charge in [-0.1, -0.05) is 6.42 Å². The number of rotatable bonds is 4. The molecule has 0 radical (unpaired) electrons. The van der Waals surface area contributed by atoms with E-state index in [0.29, 0.717) is 21.5 Å². The lowest BCUT2D eigenvalue weighted by atomic mass is 9.80. The van der Waals surface area contributed by atoms with Crippen molar-refractivity contribution in [1.82, 2.24) is 5.32 Å². The average Bonchev–Trinajstić information content (AvgIpc) is 2.28. The van der Waals surface area contributed by atoms with E-state index in [1.807, 2.05) is 6.92 Å². The standard InChI is InChI=1S/C14H17BrClNO3S/c1-8-6-11(7-12(13(8)15)21(16,19)20)14(18)17-9(2)10-4-3-5-10/h6-7,9-10H,3-5H2,1-2H3,(H,17,18). The Morgan fingerprint density at radius 1 is 1.43 bits per heavy atom. The minimum atomic E-state index is -3.90. The minimum absolute atomic E-state index is 0.0781. The zero-order chi connectivity index (χ0) is 15.8. The van der Waals surface area contributed by atoms with Gasteiger partial charge in [0.2, 0.25) is 0 Å². The van der Waals surface area contributed by atoms with E-state index in [9.17, 15) is 13.2 Å². The van der Waals surface area contributed by atoms with E-state index in [0.717, 1.165) is 12.8 Å². The Hall–Kier alpha value is -0.590. The summed E-state index contributed by atoms with van der Waals surface area (Å²) in [4.78, 5) is 12.2. The van der Waals surface area contributed by atoms with E-state index in [-0.39, 0.29) is 16.8 Å². The van der Waals surface area contributed by atoms with Crippen molar-refractivity contribution in [2.45, 2.75) is 44.0 Å². The number of carbonyl (C=O) groups excluding carboxylic acids is 1. The summed E-state index contributed by atoms with van der Waals surface area (Å²) in [5, 5.41) is 2.93. The molecule has 1 aromatic rings. The van der Waals surface area contributed by atoms with Gasteiger partial charge in [-0.2, -0.15) is 0 Å². The molecule has 0 heterocycles. The number of benzene rings is 1. The lowest BCUT2D eigenvalue weighted by Gasteiger charge is -2.31. The Morgan fingerprint density at radius 3 is 2.52 bits per heavy atom. The molecule has 2 rings (SSSR count). The number of aryl methyl sites for hydroxylation is 1. The van der Waals surface area contributed by atoms with Crippen molar-refractivity contribution in [3.63, 3.8) is 0 Å². The number of carbonyl (C=O) groups is 1. The van der Waals surface area contributed by atoms with Gasteiger partial charge in [-0.25, -0.2) is 8.42 Å². The highest BCUT2D eigenvalue weighted by molar-refractivity contribution is 9.10. The fraction of sp³-hybridized carbons (Fsp3) is 0.500. The average molecular weight is 395 g/mol. The van der Waals surface area contributed by atoms with Crippen molar-refractivity contribution in [3.8, 4) is 0 Å². The molecule has 0 aromatic heterocycles. The third-order valence-corrected chi connectivity index (χ3v) is 6.62. The second kappa shape index (κ2) is 6.26. The summed E-state index contributed by atoms with van der Waals surface area (Å²) in [6, 6.07) is 3.05. The fourth-order valence-corrected chi connectivity index (χ4v) is 4.55. The first kappa shape index (κ1) is 16.8. The van der Waals surface area contributed by atoms with Crippen LogP contribution in [-0.4, -0.2) is 20.4 Å². The summed E-state index contributed by atoms with van der Waals surface area (Å²) in [7, 11) is 1.51. The first-order valence-electron chi connectivity index (χ1n) is 6.76. The predicted octanol–water partition coefficient (Wildman–Crippen LogP) is 3.60. The maximum Gasteiger partial charge on any atom is 0.262 e. The van der Waals surface area contributed by atoms with Crippen LogP contribution in [0.1, 0.15) is 42.1 Å². The van der Waals surface area contributed by atoms with Crippen LogP contribution in [0.4, 0.5) is 0 Å². The van der Waals surface area contributed by atoms with Crippen molar-refractivity contribution < 1.29 is 13.2 Å². The van der Waals surface area contributed by atoms with Crippen LogP contribution in [0, 0.1) is 12.8 Å². The molecule has 21 heavy (non-hydrogen) atoms. The maximum absolute atomic E-state index is 12.3. The van der Waals surface area contributed by atoms with Crippen LogP contribution >= 0.6 is 26.6 Å². The highest BCUT2D eigenvalue weighted by Gasteiger charge is 2.26. The van der Waals surface area contributed by atoms with Gasteiger partial charge in [0.15, 0.2) is 0 Å². The van der Waals surface area contributed by atoms with Gasteiger partial charge >= 0.3 is 0 Å².